The molecule has 6 nitrogen and oxygen atoms in total. The summed E-state index contributed by atoms with van der Waals surface area (Å²) in [5.41, 5.74) is 5.00. The second-order valence-electron chi connectivity index (χ2n) is 8.01. The summed E-state index contributed by atoms with van der Waals surface area (Å²) >= 11 is 0. The zero-order valence-electron chi connectivity index (χ0n) is 17.4. The molecule has 0 fully saturated rings. The van der Waals surface area contributed by atoms with E-state index in [-0.39, 0.29) is 11.6 Å². The third-order valence-corrected chi connectivity index (χ3v) is 6.33. The molecule has 2 aromatic heterocycles. The van der Waals surface area contributed by atoms with Crippen LogP contribution in [-0.2, 0) is 6.42 Å². The van der Waals surface area contributed by atoms with Crippen molar-refractivity contribution in [3.63, 3.8) is 0 Å². The maximum atomic E-state index is 13.7. The van der Waals surface area contributed by atoms with E-state index >= 15 is 0 Å². The van der Waals surface area contributed by atoms with Gasteiger partial charge in [-0.3, -0.25) is 4.57 Å². The average molecular weight is 423 g/mol. The largest absolute Gasteiger partial charge is 0.497 e. The Labute approximate surface area is 184 Å². The van der Waals surface area contributed by atoms with Gasteiger partial charge in [-0.2, -0.15) is 0 Å². The molecule has 1 atom stereocenters. The van der Waals surface area contributed by atoms with Gasteiger partial charge >= 0.3 is 5.69 Å². The van der Waals surface area contributed by atoms with Crippen molar-refractivity contribution in [2.45, 2.75) is 12.5 Å². The maximum Gasteiger partial charge on any atom is 0.336 e. The van der Waals surface area contributed by atoms with E-state index in [1.165, 1.54) is 4.57 Å². The molecule has 1 aliphatic heterocycles. The highest BCUT2D eigenvalue weighted by molar-refractivity contribution is 5.86. The highest BCUT2D eigenvalue weighted by Gasteiger charge is 2.35. The number of aromatic amines is 1. The summed E-state index contributed by atoms with van der Waals surface area (Å²) in [6.07, 6.45) is 0.465. The molecule has 0 radical (unpaired) electrons. The molecular formula is C26H21N3O3. The second kappa shape index (κ2) is 6.92. The fraction of sp³-hybridized carbons (Fsp3) is 0.115. The van der Waals surface area contributed by atoms with Crippen LogP contribution in [-0.4, -0.2) is 26.3 Å². The first-order valence-corrected chi connectivity index (χ1v) is 10.5. The number of benzene rings is 3. The van der Waals surface area contributed by atoms with E-state index in [9.17, 15) is 9.90 Å². The van der Waals surface area contributed by atoms with Gasteiger partial charge in [0.05, 0.1) is 18.5 Å². The first-order valence-electron chi connectivity index (χ1n) is 10.5. The van der Waals surface area contributed by atoms with Gasteiger partial charge in [0.2, 0.25) is 5.88 Å². The van der Waals surface area contributed by atoms with Crippen molar-refractivity contribution >= 4 is 10.9 Å². The van der Waals surface area contributed by atoms with E-state index in [0.717, 1.165) is 33.5 Å². The molecule has 1 unspecified atom stereocenters. The van der Waals surface area contributed by atoms with E-state index in [2.05, 4.69) is 11.1 Å². The van der Waals surface area contributed by atoms with Crippen molar-refractivity contribution in [3.05, 3.63) is 112 Å². The second-order valence-corrected chi connectivity index (χ2v) is 8.01. The number of para-hydroxylation sites is 2. The molecule has 3 aromatic carbocycles. The Hall–Kier alpha value is -4.19. The van der Waals surface area contributed by atoms with Gasteiger partial charge in [0, 0.05) is 23.0 Å². The van der Waals surface area contributed by atoms with E-state index in [1.54, 1.807) is 11.7 Å². The van der Waals surface area contributed by atoms with Crippen LogP contribution in [0.5, 0.6) is 11.6 Å². The number of ether oxygens (including phenoxy) is 1. The van der Waals surface area contributed by atoms with Gasteiger partial charge in [-0.1, -0.05) is 48.5 Å². The standard InChI is InChI=1S/C26H21N3O3/c1-32-18-13-11-16(12-14-18)24-23-20(19-9-5-6-10-21(19)27-23)15-22-25(30)28(26(31)29(22)24)17-7-3-2-4-8-17/h2-14,24,27,30H,15H2,1H3. The summed E-state index contributed by atoms with van der Waals surface area (Å²) in [5, 5.41) is 12.3. The van der Waals surface area contributed by atoms with Crippen LogP contribution < -0.4 is 10.4 Å². The molecule has 0 amide bonds. The van der Waals surface area contributed by atoms with E-state index in [0.29, 0.717) is 17.8 Å². The van der Waals surface area contributed by atoms with E-state index in [1.807, 2.05) is 72.8 Å². The number of aromatic nitrogens is 3. The monoisotopic (exact) mass is 423 g/mol. The fourth-order valence-electron chi connectivity index (χ4n) is 4.83. The number of hydrogen-bond donors (Lipinski definition) is 2. The van der Waals surface area contributed by atoms with Crippen molar-refractivity contribution < 1.29 is 9.84 Å². The topological polar surface area (TPSA) is 72.2 Å². The SMILES string of the molecule is COc1ccc(C2c3[nH]c4ccccc4c3Cc3c(O)n(-c4ccccc4)c(=O)n32)cc1. The van der Waals surface area contributed by atoms with Crippen molar-refractivity contribution in [2.24, 2.45) is 0 Å². The van der Waals surface area contributed by atoms with Crippen molar-refractivity contribution in [1.82, 2.24) is 14.1 Å². The van der Waals surface area contributed by atoms with Crippen LogP contribution >= 0.6 is 0 Å². The molecule has 0 spiro atoms. The molecule has 0 saturated heterocycles. The first kappa shape index (κ1) is 18.6. The number of nitrogens with one attached hydrogen (secondary N) is 1. The summed E-state index contributed by atoms with van der Waals surface area (Å²) in [6, 6.07) is 24.7. The Morgan fingerprint density at radius 2 is 1.69 bits per heavy atom. The number of hydrogen-bond acceptors (Lipinski definition) is 3. The molecule has 0 bridgehead atoms. The maximum absolute atomic E-state index is 13.7. The molecule has 158 valence electrons. The van der Waals surface area contributed by atoms with Crippen LogP contribution in [0.1, 0.15) is 28.6 Å². The number of aromatic hydroxyl groups is 1. The minimum Gasteiger partial charge on any atom is -0.497 e. The summed E-state index contributed by atoms with van der Waals surface area (Å²) in [6.45, 7) is 0. The van der Waals surface area contributed by atoms with Gasteiger partial charge in [0.15, 0.2) is 0 Å². The summed E-state index contributed by atoms with van der Waals surface area (Å²) < 4.78 is 8.43. The molecule has 6 heteroatoms. The Bertz CT molecular complexity index is 1510. The smallest absolute Gasteiger partial charge is 0.336 e. The lowest BCUT2D eigenvalue weighted by molar-refractivity contribution is 0.414. The van der Waals surface area contributed by atoms with Crippen LogP contribution in [0.3, 0.4) is 0 Å². The van der Waals surface area contributed by atoms with Gasteiger partial charge < -0.3 is 14.8 Å². The van der Waals surface area contributed by atoms with Gasteiger partial charge in [-0.05, 0) is 41.5 Å². The molecule has 0 saturated carbocycles. The van der Waals surface area contributed by atoms with Gasteiger partial charge in [-0.25, -0.2) is 9.36 Å². The Morgan fingerprint density at radius 1 is 0.969 bits per heavy atom. The van der Waals surface area contributed by atoms with Crippen molar-refractivity contribution in [1.29, 1.82) is 0 Å². The molecule has 2 N–H and O–H groups in total. The van der Waals surface area contributed by atoms with E-state index in [4.69, 9.17) is 4.74 Å². The van der Waals surface area contributed by atoms with Gasteiger partial charge in [0.1, 0.15) is 11.8 Å². The first-order chi connectivity index (χ1) is 15.7. The fourth-order valence-corrected chi connectivity index (χ4v) is 4.83. The quantitative estimate of drug-likeness (QED) is 0.444. The number of rotatable bonds is 3. The summed E-state index contributed by atoms with van der Waals surface area (Å²) in [7, 11) is 1.63. The third kappa shape index (κ3) is 2.56. The summed E-state index contributed by atoms with van der Waals surface area (Å²) in [4.78, 5) is 17.2. The molecule has 32 heavy (non-hydrogen) atoms. The Morgan fingerprint density at radius 3 is 2.44 bits per heavy atom. The molecular weight excluding hydrogens is 402 g/mol. The van der Waals surface area contributed by atoms with Crippen LogP contribution in [0.15, 0.2) is 83.7 Å². The highest BCUT2D eigenvalue weighted by atomic mass is 16.5. The average Bonchev–Trinajstić information content (AvgIpc) is 3.33. The van der Waals surface area contributed by atoms with Gasteiger partial charge in [-0.15, -0.1) is 0 Å². The zero-order chi connectivity index (χ0) is 21.8. The molecule has 0 aliphatic carbocycles. The van der Waals surface area contributed by atoms with Gasteiger partial charge in [0.25, 0.3) is 0 Å². The van der Waals surface area contributed by atoms with Crippen LogP contribution in [0.25, 0.3) is 16.6 Å². The molecule has 1 aliphatic rings. The molecule has 5 aromatic rings. The minimum atomic E-state index is -0.393. The van der Waals surface area contributed by atoms with Crippen LogP contribution in [0.4, 0.5) is 0 Å². The lowest BCUT2D eigenvalue weighted by Gasteiger charge is -2.26. The number of H-pyrrole nitrogens is 1. The predicted molar refractivity (Wildman–Crippen MR) is 123 cm³/mol. The minimum absolute atomic E-state index is 0.0179. The number of methoxy groups -OCH3 is 1. The number of fused-ring (bicyclic) bond motifs is 4. The lowest BCUT2D eigenvalue weighted by Crippen LogP contribution is -2.32. The molecule has 3 heterocycles. The van der Waals surface area contributed by atoms with Crippen LogP contribution in [0.2, 0.25) is 0 Å². The Kier molecular flexibility index (Phi) is 4.01. The van der Waals surface area contributed by atoms with Crippen LogP contribution in [0, 0.1) is 0 Å². The number of nitrogens with zero attached hydrogens (tertiary/aromatic N) is 2. The van der Waals surface area contributed by atoms with Crippen molar-refractivity contribution in [2.75, 3.05) is 7.11 Å². The number of imidazole rings is 1. The van der Waals surface area contributed by atoms with Crippen molar-refractivity contribution in [3.8, 4) is 17.3 Å². The highest BCUT2D eigenvalue weighted by Crippen LogP contribution is 2.41. The third-order valence-electron chi connectivity index (χ3n) is 6.33. The summed E-state index contributed by atoms with van der Waals surface area (Å²) in [5.74, 6) is 0.731. The Balaban J connectivity index is 1.65. The lowest BCUT2D eigenvalue weighted by atomic mass is 9.93. The predicted octanol–water partition coefficient (Wildman–Crippen LogP) is 4.38. The zero-order valence-corrected chi connectivity index (χ0v) is 17.4. The normalized spacial score (nSPS) is 14.8. The molecule has 6 rings (SSSR count). The van der Waals surface area contributed by atoms with E-state index < -0.39 is 6.04 Å².